The van der Waals surface area contributed by atoms with E-state index < -0.39 is 0 Å². The maximum absolute atomic E-state index is 13.0. The van der Waals surface area contributed by atoms with Crippen LogP contribution in [0.5, 0.6) is 11.5 Å². The fourth-order valence-corrected chi connectivity index (χ4v) is 3.44. The molecule has 0 saturated heterocycles. The second kappa shape index (κ2) is 7.82. The first-order valence-electron chi connectivity index (χ1n) is 8.15. The topological polar surface area (TPSA) is 76.7 Å². The molecule has 3 rings (SSSR count). The van der Waals surface area contributed by atoms with Gasteiger partial charge >= 0.3 is 0 Å². The van der Waals surface area contributed by atoms with Crippen LogP contribution in [0, 0.1) is 0 Å². The highest BCUT2D eigenvalue weighted by Crippen LogP contribution is 2.32. The number of methoxy groups -OCH3 is 1. The highest BCUT2D eigenvalue weighted by atomic mass is 79.9. The molecule has 0 spiro atoms. The van der Waals surface area contributed by atoms with E-state index in [1.165, 1.54) is 18.0 Å². The number of phenols is 1. The Labute approximate surface area is 172 Å². The van der Waals surface area contributed by atoms with Gasteiger partial charge in [-0.3, -0.25) is 4.79 Å². The van der Waals surface area contributed by atoms with Crippen molar-refractivity contribution < 1.29 is 9.84 Å². The molecule has 6 nitrogen and oxygen atoms in total. The summed E-state index contributed by atoms with van der Waals surface area (Å²) in [7, 11) is 1.47. The number of aromatic hydroxyl groups is 1. The van der Waals surface area contributed by atoms with E-state index in [9.17, 15) is 9.90 Å². The van der Waals surface area contributed by atoms with Crippen molar-refractivity contribution in [1.82, 2.24) is 9.66 Å². The van der Waals surface area contributed by atoms with Gasteiger partial charge in [-0.15, -0.1) is 0 Å². The molecule has 0 fully saturated rings. The maximum Gasteiger partial charge on any atom is 0.282 e. The van der Waals surface area contributed by atoms with Crippen molar-refractivity contribution in [2.24, 2.45) is 5.10 Å². The van der Waals surface area contributed by atoms with Crippen LogP contribution in [0.3, 0.4) is 0 Å². The minimum absolute atomic E-state index is 0.0199. The fraction of sp³-hybridized carbons (Fsp3) is 0.211. The molecule has 2 aromatic carbocycles. The number of phenolic OH excluding ortho intramolecular Hbond substituents is 1. The fourth-order valence-electron chi connectivity index (χ4n) is 2.62. The van der Waals surface area contributed by atoms with Gasteiger partial charge < -0.3 is 9.84 Å². The molecule has 0 bridgehead atoms. The molecule has 1 N–H and O–H groups in total. The highest BCUT2D eigenvalue weighted by molar-refractivity contribution is 9.10. The van der Waals surface area contributed by atoms with Gasteiger partial charge in [-0.2, -0.15) is 9.78 Å². The van der Waals surface area contributed by atoms with Crippen LogP contribution in [0.2, 0.25) is 0 Å². The number of fused-ring (bicyclic) bond motifs is 1. The van der Waals surface area contributed by atoms with Crippen LogP contribution in [0.15, 0.2) is 49.2 Å². The lowest BCUT2D eigenvalue weighted by Crippen LogP contribution is -2.23. The molecule has 0 amide bonds. The normalized spacial score (nSPS) is 11.6. The van der Waals surface area contributed by atoms with Crippen molar-refractivity contribution in [3.05, 3.63) is 61.0 Å². The Balaban J connectivity index is 2.21. The summed E-state index contributed by atoms with van der Waals surface area (Å²) in [4.78, 5) is 17.6. The van der Waals surface area contributed by atoms with E-state index in [1.807, 2.05) is 19.9 Å². The number of ether oxygens (including phenoxy) is 1. The summed E-state index contributed by atoms with van der Waals surface area (Å²) in [6, 6.07) is 8.70. The Morgan fingerprint density at radius 2 is 1.96 bits per heavy atom. The van der Waals surface area contributed by atoms with E-state index >= 15 is 0 Å². The van der Waals surface area contributed by atoms with Crippen LogP contribution in [0.1, 0.15) is 31.2 Å². The second-order valence-corrected chi connectivity index (χ2v) is 8.02. The molecule has 0 saturated carbocycles. The summed E-state index contributed by atoms with van der Waals surface area (Å²) in [5.74, 6) is 0.768. The van der Waals surface area contributed by atoms with Crippen molar-refractivity contribution in [2.75, 3.05) is 7.11 Å². The lowest BCUT2D eigenvalue weighted by Gasteiger charge is -2.12. The molecule has 8 heteroatoms. The van der Waals surface area contributed by atoms with Gasteiger partial charge in [-0.05, 0) is 30.3 Å². The number of aromatic nitrogens is 2. The summed E-state index contributed by atoms with van der Waals surface area (Å²) in [6.07, 6.45) is 1.42. The van der Waals surface area contributed by atoms with Gasteiger partial charge in [-0.25, -0.2) is 4.98 Å². The zero-order valence-electron chi connectivity index (χ0n) is 14.9. The van der Waals surface area contributed by atoms with E-state index in [0.29, 0.717) is 28.0 Å². The zero-order valence-corrected chi connectivity index (χ0v) is 18.1. The number of rotatable bonds is 4. The molecule has 1 heterocycles. The van der Waals surface area contributed by atoms with Gasteiger partial charge in [0.1, 0.15) is 5.82 Å². The molecule has 0 aliphatic heterocycles. The van der Waals surface area contributed by atoms with Crippen LogP contribution >= 0.6 is 31.9 Å². The molecule has 140 valence electrons. The van der Waals surface area contributed by atoms with Gasteiger partial charge in [0.2, 0.25) is 0 Å². The lowest BCUT2D eigenvalue weighted by atomic mass is 10.2. The smallest absolute Gasteiger partial charge is 0.282 e. The number of halogens is 2. The molecule has 0 aliphatic carbocycles. The average molecular weight is 495 g/mol. The molecule has 0 unspecified atom stereocenters. The third-order valence-corrected chi connectivity index (χ3v) is 4.90. The van der Waals surface area contributed by atoms with Gasteiger partial charge in [0.25, 0.3) is 5.56 Å². The molecule has 3 aromatic rings. The van der Waals surface area contributed by atoms with E-state index in [0.717, 1.165) is 8.95 Å². The first-order chi connectivity index (χ1) is 12.8. The van der Waals surface area contributed by atoms with Crippen molar-refractivity contribution in [3.8, 4) is 11.5 Å². The summed E-state index contributed by atoms with van der Waals surface area (Å²) in [6.45, 7) is 3.89. The molecule has 0 aliphatic rings. The van der Waals surface area contributed by atoms with Gasteiger partial charge in [0.15, 0.2) is 11.5 Å². The lowest BCUT2D eigenvalue weighted by molar-refractivity contribution is 0.373. The summed E-state index contributed by atoms with van der Waals surface area (Å²) < 4.78 is 7.92. The Morgan fingerprint density at radius 1 is 1.22 bits per heavy atom. The van der Waals surface area contributed by atoms with Gasteiger partial charge in [0, 0.05) is 20.4 Å². The SMILES string of the molecule is COc1cc(Br)cc(C=Nn2c(C(C)C)nc3ccc(Br)cc3c2=O)c1O. The molecule has 0 radical (unpaired) electrons. The van der Waals surface area contributed by atoms with Crippen LogP contribution < -0.4 is 10.3 Å². The Kier molecular flexibility index (Phi) is 5.67. The molecule has 27 heavy (non-hydrogen) atoms. The molecule has 0 atom stereocenters. The van der Waals surface area contributed by atoms with E-state index in [-0.39, 0.29) is 17.2 Å². The molecular formula is C19H17Br2N3O3. The first kappa shape index (κ1) is 19.6. The third-order valence-electron chi connectivity index (χ3n) is 3.95. The zero-order chi connectivity index (χ0) is 19.7. The quantitative estimate of drug-likeness (QED) is 0.536. The summed E-state index contributed by atoms with van der Waals surface area (Å²) >= 11 is 6.75. The average Bonchev–Trinajstić information content (AvgIpc) is 2.63. The maximum atomic E-state index is 13.0. The predicted octanol–water partition coefficient (Wildman–Crippen LogP) is 4.64. The largest absolute Gasteiger partial charge is 0.504 e. The minimum Gasteiger partial charge on any atom is -0.504 e. The van der Waals surface area contributed by atoms with Crippen LogP contribution in [-0.4, -0.2) is 28.1 Å². The van der Waals surface area contributed by atoms with E-state index in [4.69, 9.17) is 4.74 Å². The number of hydrogen-bond acceptors (Lipinski definition) is 5. The van der Waals surface area contributed by atoms with Crippen molar-refractivity contribution in [1.29, 1.82) is 0 Å². The van der Waals surface area contributed by atoms with Crippen LogP contribution in [0.4, 0.5) is 0 Å². The van der Waals surface area contributed by atoms with Crippen molar-refractivity contribution in [3.63, 3.8) is 0 Å². The van der Waals surface area contributed by atoms with E-state index in [2.05, 4.69) is 41.9 Å². The number of benzene rings is 2. The second-order valence-electron chi connectivity index (χ2n) is 6.19. The number of nitrogens with zero attached hydrogens (tertiary/aromatic N) is 3. The predicted molar refractivity (Wildman–Crippen MR) is 113 cm³/mol. The highest BCUT2D eigenvalue weighted by Gasteiger charge is 2.14. The molecule has 1 aromatic heterocycles. The minimum atomic E-state index is -0.275. The van der Waals surface area contributed by atoms with Crippen molar-refractivity contribution in [2.45, 2.75) is 19.8 Å². The monoisotopic (exact) mass is 493 g/mol. The standard InChI is InChI=1S/C19H17Br2N3O3/c1-10(2)18-23-15-5-4-12(20)7-14(15)19(26)24(18)22-9-11-6-13(21)8-16(27-3)17(11)25/h4-10,25H,1-3H3. The van der Waals surface area contributed by atoms with Crippen molar-refractivity contribution >= 4 is 49.0 Å². The first-order valence-corrected chi connectivity index (χ1v) is 9.73. The summed E-state index contributed by atoms with van der Waals surface area (Å²) in [5, 5.41) is 15.1. The van der Waals surface area contributed by atoms with Crippen LogP contribution in [-0.2, 0) is 0 Å². The van der Waals surface area contributed by atoms with E-state index in [1.54, 1.807) is 24.3 Å². The van der Waals surface area contributed by atoms with Crippen LogP contribution in [0.25, 0.3) is 10.9 Å². The number of hydrogen-bond donors (Lipinski definition) is 1. The Bertz CT molecular complexity index is 1110. The van der Waals surface area contributed by atoms with Gasteiger partial charge in [-0.1, -0.05) is 45.7 Å². The molecular weight excluding hydrogens is 478 g/mol. The van der Waals surface area contributed by atoms with Gasteiger partial charge in [0.05, 0.1) is 24.2 Å². The Hall–Kier alpha value is -2.19. The Morgan fingerprint density at radius 3 is 2.63 bits per heavy atom. The third kappa shape index (κ3) is 3.91. The summed E-state index contributed by atoms with van der Waals surface area (Å²) in [5.41, 5.74) is 0.755.